The molecule has 1 aromatic carbocycles. The molecule has 3 rings (SSSR count). The lowest BCUT2D eigenvalue weighted by atomic mass is 10.1. The number of halogens is 2. The van der Waals surface area contributed by atoms with E-state index in [0.717, 1.165) is 16.0 Å². The van der Waals surface area contributed by atoms with E-state index in [1.165, 1.54) is 23.1 Å². The summed E-state index contributed by atoms with van der Waals surface area (Å²) in [7, 11) is 1.55. The van der Waals surface area contributed by atoms with Gasteiger partial charge in [0.25, 0.3) is 5.91 Å². The Hall–Kier alpha value is -0.930. The van der Waals surface area contributed by atoms with Crippen LogP contribution in [-0.4, -0.2) is 42.2 Å². The van der Waals surface area contributed by atoms with Crippen LogP contribution in [0.15, 0.2) is 34.6 Å². The van der Waals surface area contributed by atoms with Crippen molar-refractivity contribution >= 4 is 74.8 Å². The van der Waals surface area contributed by atoms with Crippen LogP contribution in [0.2, 0.25) is 10.0 Å². The van der Waals surface area contributed by atoms with Crippen molar-refractivity contribution in [2.75, 3.05) is 27.1 Å². The van der Waals surface area contributed by atoms with Gasteiger partial charge in [-0.2, -0.15) is 0 Å². The maximum Gasteiger partial charge on any atom is 0.266 e. The van der Waals surface area contributed by atoms with Crippen LogP contribution in [0.3, 0.4) is 0 Å². The van der Waals surface area contributed by atoms with Crippen molar-refractivity contribution in [3.05, 3.63) is 49.5 Å². The fourth-order valence-electron chi connectivity index (χ4n) is 2.41. The van der Waals surface area contributed by atoms with E-state index in [1.54, 1.807) is 24.1 Å². The molecule has 142 valence electrons. The van der Waals surface area contributed by atoms with Crippen molar-refractivity contribution in [1.29, 1.82) is 0 Å². The second kappa shape index (κ2) is 9.52. The third kappa shape index (κ3) is 5.12. The molecular weight excluding hydrogens is 445 g/mol. The Morgan fingerprint density at radius 2 is 2.11 bits per heavy atom. The van der Waals surface area contributed by atoms with E-state index in [0.29, 0.717) is 32.4 Å². The zero-order chi connectivity index (χ0) is 19.4. The first-order chi connectivity index (χ1) is 13.0. The number of carbonyl (C=O) groups excluding carboxylic acids is 1. The van der Waals surface area contributed by atoms with Gasteiger partial charge < -0.3 is 9.47 Å². The van der Waals surface area contributed by atoms with Crippen LogP contribution < -0.4 is 0 Å². The van der Waals surface area contributed by atoms with Crippen molar-refractivity contribution in [2.24, 2.45) is 0 Å². The fraction of sp³-hybridized carbons (Fsp3) is 0.222. The smallest absolute Gasteiger partial charge is 0.266 e. The van der Waals surface area contributed by atoms with Gasteiger partial charge in [-0.25, -0.2) is 0 Å². The number of hydrogen-bond acceptors (Lipinski definition) is 6. The molecule has 0 unspecified atom stereocenters. The van der Waals surface area contributed by atoms with Gasteiger partial charge in [0, 0.05) is 27.6 Å². The zero-order valence-corrected chi connectivity index (χ0v) is 18.2. The molecule has 1 aromatic heterocycles. The Morgan fingerprint density at radius 3 is 2.85 bits per heavy atom. The predicted octanol–water partition coefficient (Wildman–Crippen LogP) is 5.54. The summed E-state index contributed by atoms with van der Waals surface area (Å²) in [6.07, 6.45) is 1.85. The number of methoxy groups -OCH3 is 1. The molecule has 2 aromatic rings. The molecule has 1 saturated heterocycles. The normalized spacial score (nSPS) is 16.0. The van der Waals surface area contributed by atoms with Crippen LogP contribution in [0, 0.1) is 0 Å². The predicted molar refractivity (Wildman–Crippen MR) is 117 cm³/mol. The Balaban J connectivity index is 1.73. The Kier molecular flexibility index (Phi) is 7.33. The Morgan fingerprint density at radius 1 is 1.30 bits per heavy atom. The standard InChI is InChI=1S/C18H15Cl2NO3S3/c1-23-10-24-5-4-21-17(22)16(27-18(21)25)8-13-6-11(9-26-13)14-3-2-12(19)7-15(14)20/h2-3,6-9H,4-5,10H2,1H3/b16-8-. The minimum Gasteiger partial charge on any atom is -0.359 e. The molecule has 27 heavy (non-hydrogen) atoms. The van der Waals surface area contributed by atoms with Crippen molar-refractivity contribution < 1.29 is 14.3 Å². The van der Waals surface area contributed by atoms with Crippen molar-refractivity contribution in [1.82, 2.24) is 4.90 Å². The Labute approximate surface area is 181 Å². The molecule has 0 spiro atoms. The molecule has 4 nitrogen and oxygen atoms in total. The van der Waals surface area contributed by atoms with Gasteiger partial charge in [-0.15, -0.1) is 11.3 Å². The van der Waals surface area contributed by atoms with E-state index in [2.05, 4.69) is 0 Å². The highest BCUT2D eigenvalue weighted by Gasteiger charge is 2.31. The minimum absolute atomic E-state index is 0.106. The number of hydrogen-bond donors (Lipinski definition) is 0. The largest absolute Gasteiger partial charge is 0.359 e. The van der Waals surface area contributed by atoms with E-state index in [-0.39, 0.29) is 12.7 Å². The maximum atomic E-state index is 12.6. The highest BCUT2D eigenvalue weighted by atomic mass is 35.5. The van der Waals surface area contributed by atoms with Gasteiger partial charge in [0.2, 0.25) is 0 Å². The van der Waals surface area contributed by atoms with Gasteiger partial charge in [-0.05, 0) is 35.2 Å². The molecule has 1 aliphatic rings. The summed E-state index contributed by atoms with van der Waals surface area (Å²) in [5, 5.41) is 3.19. The van der Waals surface area contributed by atoms with Crippen LogP contribution in [0.25, 0.3) is 17.2 Å². The molecule has 0 aliphatic carbocycles. The van der Waals surface area contributed by atoms with Crippen LogP contribution in [-0.2, 0) is 14.3 Å². The highest BCUT2D eigenvalue weighted by Crippen LogP contribution is 2.36. The van der Waals surface area contributed by atoms with Crippen molar-refractivity contribution in [2.45, 2.75) is 0 Å². The third-order valence-electron chi connectivity index (χ3n) is 3.67. The van der Waals surface area contributed by atoms with Gasteiger partial charge in [-0.3, -0.25) is 9.69 Å². The fourth-order valence-corrected chi connectivity index (χ4v) is 5.14. The van der Waals surface area contributed by atoms with E-state index >= 15 is 0 Å². The van der Waals surface area contributed by atoms with Gasteiger partial charge in [0.15, 0.2) is 0 Å². The monoisotopic (exact) mass is 459 g/mol. The summed E-state index contributed by atoms with van der Waals surface area (Å²) in [5.74, 6) is -0.106. The average molecular weight is 460 g/mol. The molecule has 1 fully saturated rings. The minimum atomic E-state index is -0.106. The lowest BCUT2D eigenvalue weighted by molar-refractivity contribution is -0.123. The summed E-state index contributed by atoms with van der Waals surface area (Å²) in [4.78, 5) is 15.7. The quantitative estimate of drug-likeness (QED) is 0.235. The molecular formula is C18H15Cl2NO3S3. The highest BCUT2D eigenvalue weighted by molar-refractivity contribution is 8.26. The van der Waals surface area contributed by atoms with Crippen LogP contribution in [0.1, 0.15) is 4.88 Å². The second-order valence-corrected chi connectivity index (χ2v) is 8.97. The number of ether oxygens (including phenoxy) is 2. The lowest BCUT2D eigenvalue weighted by Crippen LogP contribution is -2.31. The molecule has 0 saturated carbocycles. The van der Waals surface area contributed by atoms with Crippen LogP contribution in [0.5, 0.6) is 0 Å². The topological polar surface area (TPSA) is 38.8 Å². The summed E-state index contributed by atoms with van der Waals surface area (Å²) in [6, 6.07) is 7.40. The van der Waals surface area contributed by atoms with Crippen LogP contribution >= 0.6 is 58.5 Å². The number of nitrogens with zero attached hydrogens (tertiary/aromatic N) is 1. The number of thioether (sulfide) groups is 1. The van der Waals surface area contributed by atoms with Crippen molar-refractivity contribution in [3.63, 3.8) is 0 Å². The molecule has 1 aliphatic heterocycles. The molecule has 0 N–H and O–H groups in total. The first-order valence-electron chi connectivity index (χ1n) is 7.85. The van der Waals surface area contributed by atoms with E-state index < -0.39 is 0 Å². The summed E-state index contributed by atoms with van der Waals surface area (Å²) < 4.78 is 10.6. The number of benzene rings is 1. The van der Waals surface area contributed by atoms with Gasteiger partial charge in [-0.1, -0.05) is 53.2 Å². The van der Waals surface area contributed by atoms with E-state index in [4.69, 9.17) is 44.9 Å². The summed E-state index contributed by atoms with van der Waals surface area (Å²) >= 11 is 20.4. The average Bonchev–Trinajstić information content (AvgIpc) is 3.18. The van der Waals surface area contributed by atoms with E-state index in [1.807, 2.05) is 23.6 Å². The summed E-state index contributed by atoms with van der Waals surface area (Å²) in [6.45, 7) is 0.961. The molecule has 2 heterocycles. The lowest BCUT2D eigenvalue weighted by Gasteiger charge is -2.13. The maximum absolute atomic E-state index is 12.6. The van der Waals surface area contributed by atoms with Gasteiger partial charge in [0.1, 0.15) is 11.1 Å². The van der Waals surface area contributed by atoms with Crippen LogP contribution in [0.4, 0.5) is 0 Å². The number of carbonyl (C=O) groups is 1. The van der Waals surface area contributed by atoms with Crippen molar-refractivity contribution in [3.8, 4) is 11.1 Å². The number of amides is 1. The Bertz CT molecular complexity index is 898. The van der Waals surface area contributed by atoms with Gasteiger partial charge in [0.05, 0.1) is 18.1 Å². The van der Waals surface area contributed by atoms with Gasteiger partial charge >= 0.3 is 0 Å². The number of thiocarbonyl (C=S) groups is 1. The molecule has 0 radical (unpaired) electrons. The number of rotatable bonds is 7. The molecule has 1 amide bonds. The molecule has 0 atom stereocenters. The number of thiophene rings is 1. The second-order valence-electron chi connectivity index (χ2n) is 5.51. The third-order valence-corrected chi connectivity index (χ3v) is 6.47. The summed E-state index contributed by atoms with van der Waals surface area (Å²) in [5.41, 5.74) is 1.89. The zero-order valence-electron chi connectivity index (χ0n) is 14.2. The van der Waals surface area contributed by atoms with E-state index in [9.17, 15) is 4.79 Å². The first kappa shape index (κ1) is 20.8. The molecule has 0 bridgehead atoms. The SMILES string of the molecule is COCOCCN1C(=O)/C(=C/c2cc(-c3ccc(Cl)cc3Cl)cs2)SC1=S. The first-order valence-corrected chi connectivity index (χ1v) is 10.7. The molecule has 9 heteroatoms.